The molecule has 3 heteroatoms. The lowest BCUT2D eigenvalue weighted by molar-refractivity contribution is 0.277. The molecule has 1 N–H and O–H groups in total. The summed E-state index contributed by atoms with van der Waals surface area (Å²) in [4.78, 5) is 6.58. The fraction of sp³-hybridized carbons (Fsp3) is 0.667. The highest BCUT2D eigenvalue weighted by atomic mass is 16.3. The van der Waals surface area contributed by atoms with Crippen LogP contribution in [-0.2, 0) is 6.61 Å². The van der Waals surface area contributed by atoms with Crippen LogP contribution in [0.5, 0.6) is 0 Å². The molecule has 18 heavy (non-hydrogen) atoms. The number of hydrogen-bond acceptors (Lipinski definition) is 3. The van der Waals surface area contributed by atoms with Crippen molar-refractivity contribution in [3.05, 3.63) is 24.0 Å². The maximum Gasteiger partial charge on any atom is 0.0853 e. The van der Waals surface area contributed by atoms with Gasteiger partial charge in [-0.2, -0.15) is 0 Å². The first-order valence-electron chi connectivity index (χ1n) is 7.01. The van der Waals surface area contributed by atoms with E-state index >= 15 is 0 Å². The standard InChI is InChI=1S/C15H24N2O/c1-12(2)13-4-3-8-17(9-6-13)15-5-7-16-14(10-15)11-18/h5,7,10,12-13,18H,3-4,6,8-9,11H2,1-2H3. The molecular formula is C15H24N2O. The number of aromatic nitrogens is 1. The Labute approximate surface area is 110 Å². The molecule has 1 aromatic rings. The molecule has 1 saturated heterocycles. The van der Waals surface area contributed by atoms with Crippen LogP contribution in [0, 0.1) is 11.8 Å². The first-order valence-corrected chi connectivity index (χ1v) is 7.01. The molecule has 0 radical (unpaired) electrons. The summed E-state index contributed by atoms with van der Waals surface area (Å²) >= 11 is 0. The zero-order valence-corrected chi connectivity index (χ0v) is 11.5. The van der Waals surface area contributed by atoms with Crippen molar-refractivity contribution in [1.29, 1.82) is 0 Å². The van der Waals surface area contributed by atoms with Gasteiger partial charge in [-0.1, -0.05) is 13.8 Å². The summed E-state index contributed by atoms with van der Waals surface area (Å²) in [5.41, 5.74) is 1.97. The fourth-order valence-corrected chi connectivity index (χ4v) is 2.80. The van der Waals surface area contributed by atoms with E-state index in [1.165, 1.54) is 24.9 Å². The van der Waals surface area contributed by atoms with Crippen LogP contribution < -0.4 is 4.90 Å². The monoisotopic (exact) mass is 248 g/mol. The van der Waals surface area contributed by atoms with Gasteiger partial charge in [0.1, 0.15) is 0 Å². The summed E-state index contributed by atoms with van der Waals surface area (Å²) in [7, 11) is 0. The average molecular weight is 248 g/mol. The van der Waals surface area contributed by atoms with Gasteiger partial charge in [0.05, 0.1) is 12.3 Å². The highest BCUT2D eigenvalue weighted by Gasteiger charge is 2.19. The van der Waals surface area contributed by atoms with E-state index in [2.05, 4.69) is 29.8 Å². The second-order valence-electron chi connectivity index (χ2n) is 5.59. The van der Waals surface area contributed by atoms with Crippen LogP contribution in [0.2, 0.25) is 0 Å². The molecule has 1 aromatic heterocycles. The van der Waals surface area contributed by atoms with Gasteiger partial charge in [-0.05, 0) is 43.2 Å². The van der Waals surface area contributed by atoms with E-state index in [0.29, 0.717) is 0 Å². The highest BCUT2D eigenvalue weighted by molar-refractivity contribution is 5.46. The van der Waals surface area contributed by atoms with Gasteiger partial charge in [-0.25, -0.2) is 0 Å². The van der Waals surface area contributed by atoms with Crippen LogP contribution in [0.4, 0.5) is 5.69 Å². The Morgan fingerprint density at radius 2 is 2.22 bits per heavy atom. The van der Waals surface area contributed by atoms with E-state index < -0.39 is 0 Å². The van der Waals surface area contributed by atoms with Crippen molar-refractivity contribution in [2.75, 3.05) is 18.0 Å². The quantitative estimate of drug-likeness (QED) is 0.893. The van der Waals surface area contributed by atoms with Crippen molar-refractivity contribution in [1.82, 2.24) is 4.98 Å². The maximum absolute atomic E-state index is 9.15. The van der Waals surface area contributed by atoms with Gasteiger partial charge in [0, 0.05) is 25.0 Å². The Morgan fingerprint density at radius 3 is 2.94 bits per heavy atom. The largest absolute Gasteiger partial charge is 0.390 e. The summed E-state index contributed by atoms with van der Waals surface area (Å²) in [6.45, 7) is 6.93. The number of hydrogen-bond donors (Lipinski definition) is 1. The zero-order chi connectivity index (χ0) is 13.0. The molecule has 2 rings (SSSR count). The first kappa shape index (κ1) is 13.3. The predicted octanol–water partition coefficient (Wildman–Crippen LogP) is 2.84. The van der Waals surface area contributed by atoms with Crippen molar-refractivity contribution >= 4 is 5.69 Å². The molecule has 1 aliphatic rings. The third kappa shape index (κ3) is 3.22. The van der Waals surface area contributed by atoms with Crippen molar-refractivity contribution in [3.8, 4) is 0 Å². The van der Waals surface area contributed by atoms with E-state index in [9.17, 15) is 0 Å². The van der Waals surface area contributed by atoms with Crippen LogP contribution in [-0.4, -0.2) is 23.2 Å². The van der Waals surface area contributed by atoms with Gasteiger partial charge < -0.3 is 10.0 Å². The number of aliphatic hydroxyl groups excluding tert-OH is 1. The Hall–Kier alpha value is -1.09. The minimum Gasteiger partial charge on any atom is -0.390 e. The number of aliphatic hydroxyl groups is 1. The third-order valence-corrected chi connectivity index (χ3v) is 4.04. The number of nitrogens with zero attached hydrogens (tertiary/aromatic N) is 2. The molecule has 1 atom stereocenters. The summed E-state index contributed by atoms with van der Waals surface area (Å²) in [6, 6.07) is 4.06. The predicted molar refractivity (Wildman–Crippen MR) is 74.6 cm³/mol. The topological polar surface area (TPSA) is 36.4 Å². The fourth-order valence-electron chi connectivity index (χ4n) is 2.80. The summed E-state index contributed by atoms with van der Waals surface area (Å²) < 4.78 is 0. The van der Waals surface area contributed by atoms with Crippen LogP contribution >= 0.6 is 0 Å². The second-order valence-corrected chi connectivity index (χ2v) is 5.59. The summed E-state index contributed by atoms with van der Waals surface area (Å²) in [6.07, 6.45) is 5.67. The number of rotatable bonds is 3. The van der Waals surface area contributed by atoms with E-state index in [-0.39, 0.29) is 6.61 Å². The molecule has 0 amide bonds. The minimum absolute atomic E-state index is 0.0241. The van der Waals surface area contributed by atoms with Gasteiger partial charge >= 0.3 is 0 Å². The molecule has 3 nitrogen and oxygen atoms in total. The lowest BCUT2D eigenvalue weighted by atomic mass is 9.89. The first-order chi connectivity index (χ1) is 8.70. The molecule has 0 saturated carbocycles. The van der Waals surface area contributed by atoms with Crippen molar-refractivity contribution in [2.45, 2.75) is 39.7 Å². The molecule has 100 valence electrons. The van der Waals surface area contributed by atoms with Crippen LogP contribution in [0.25, 0.3) is 0 Å². The Kier molecular flexibility index (Phi) is 4.59. The number of anilines is 1. The lowest BCUT2D eigenvalue weighted by Crippen LogP contribution is -2.24. The van der Waals surface area contributed by atoms with E-state index in [1.807, 2.05) is 6.07 Å². The second kappa shape index (κ2) is 6.19. The van der Waals surface area contributed by atoms with Gasteiger partial charge in [0.2, 0.25) is 0 Å². The van der Waals surface area contributed by atoms with Gasteiger partial charge in [0.15, 0.2) is 0 Å². The molecule has 0 spiro atoms. The Morgan fingerprint density at radius 1 is 1.39 bits per heavy atom. The van der Waals surface area contributed by atoms with E-state index in [0.717, 1.165) is 30.6 Å². The molecule has 0 bridgehead atoms. The number of pyridine rings is 1. The van der Waals surface area contributed by atoms with Crippen molar-refractivity contribution in [2.24, 2.45) is 11.8 Å². The highest BCUT2D eigenvalue weighted by Crippen LogP contribution is 2.27. The zero-order valence-electron chi connectivity index (χ0n) is 11.5. The molecular weight excluding hydrogens is 224 g/mol. The normalized spacial score (nSPS) is 21.1. The molecule has 1 aliphatic heterocycles. The summed E-state index contributed by atoms with van der Waals surface area (Å²) in [5, 5.41) is 9.15. The van der Waals surface area contributed by atoms with Crippen LogP contribution in [0.1, 0.15) is 38.8 Å². The summed E-state index contributed by atoms with van der Waals surface area (Å²) in [5.74, 6) is 1.64. The van der Waals surface area contributed by atoms with Crippen molar-refractivity contribution in [3.63, 3.8) is 0 Å². The molecule has 1 fully saturated rings. The third-order valence-electron chi connectivity index (χ3n) is 4.04. The van der Waals surface area contributed by atoms with E-state index in [4.69, 9.17) is 5.11 Å². The van der Waals surface area contributed by atoms with Crippen molar-refractivity contribution < 1.29 is 5.11 Å². The molecule has 0 aliphatic carbocycles. The molecule has 1 unspecified atom stereocenters. The van der Waals surface area contributed by atoms with Crippen LogP contribution in [0.3, 0.4) is 0 Å². The minimum atomic E-state index is 0.0241. The molecule has 2 heterocycles. The maximum atomic E-state index is 9.15. The smallest absolute Gasteiger partial charge is 0.0853 e. The van der Waals surface area contributed by atoms with Crippen LogP contribution in [0.15, 0.2) is 18.3 Å². The Balaban J connectivity index is 2.04. The van der Waals surface area contributed by atoms with Gasteiger partial charge in [0.25, 0.3) is 0 Å². The van der Waals surface area contributed by atoms with E-state index in [1.54, 1.807) is 6.20 Å². The molecule has 0 aromatic carbocycles. The average Bonchev–Trinajstić information content (AvgIpc) is 2.64. The Bertz CT molecular complexity index is 379. The lowest BCUT2D eigenvalue weighted by Gasteiger charge is -2.23. The van der Waals surface area contributed by atoms with Gasteiger partial charge in [-0.3, -0.25) is 4.98 Å². The van der Waals surface area contributed by atoms with Gasteiger partial charge in [-0.15, -0.1) is 0 Å². The SMILES string of the molecule is CC(C)C1CCCN(c2ccnc(CO)c2)CC1.